The molecule has 0 aliphatic rings. The molecule has 9 heteroatoms. The minimum absolute atomic E-state index is 0.187. The average Bonchev–Trinajstić information content (AvgIpc) is 3.17. The molecular weight excluding hydrogens is 404 g/mol. The lowest BCUT2D eigenvalue weighted by Crippen LogP contribution is -2.26. The van der Waals surface area contributed by atoms with E-state index in [2.05, 4.69) is 14.9 Å². The van der Waals surface area contributed by atoms with Crippen LogP contribution in [0.5, 0.6) is 0 Å². The summed E-state index contributed by atoms with van der Waals surface area (Å²) in [5.74, 6) is 0.710. The molecule has 158 valence electrons. The van der Waals surface area contributed by atoms with Crippen LogP contribution in [0.15, 0.2) is 51.9 Å². The van der Waals surface area contributed by atoms with Gasteiger partial charge in [0.1, 0.15) is 0 Å². The van der Waals surface area contributed by atoms with Crippen molar-refractivity contribution in [3.8, 4) is 0 Å². The molecule has 0 aliphatic heterocycles. The summed E-state index contributed by atoms with van der Waals surface area (Å²) >= 11 is 0. The molecular formula is C21H24N4O4S. The van der Waals surface area contributed by atoms with Gasteiger partial charge in [0.05, 0.1) is 11.4 Å². The summed E-state index contributed by atoms with van der Waals surface area (Å²) in [5, 5.41) is 3.81. The maximum atomic E-state index is 12.7. The van der Waals surface area contributed by atoms with Crippen molar-refractivity contribution in [1.82, 2.24) is 15.0 Å². The lowest BCUT2D eigenvalue weighted by Gasteiger charge is -2.15. The number of hydrogen-bond donors (Lipinski definition) is 1. The van der Waals surface area contributed by atoms with Crippen molar-refractivity contribution in [2.45, 2.75) is 38.6 Å². The van der Waals surface area contributed by atoms with Gasteiger partial charge in [0, 0.05) is 24.7 Å². The second-order valence-electron chi connectivity index (χ2n) is 7.07. The quantitative estimate of drug-likeness (QED) is 0.619. The van der Waals surface area contributed by atoms with Gasteiger partial charge < -0.3 is 9.42 Å². The van der Waals surface area contributed by atoms with Gasteiger partial charge in [-0.3, -0.25) is 9.52 Å². The zero-order valence-corrected chi connectivity index (χ0v) is 18.2. The minimum atomic E-state index is -3.73. The molecule has 3 rings (SSSR count). The minimum Gasteiger partial charge on any atom is -0.337 e. The summed E-state index contributed by atoms with van der Waals surface area (Å²) in [6.07, 6.45) is 0.653. The SMILES string of the molecule is CCc1noc(CN(C)C(=O)c2ccc(NS(=O)(=O)c3cc(C)ccc3C)cc2)n1. The Bertz CT molecular complexity index is 1150. The predicted molar refractivity (Wildman–Crippen MR) is 113 cm³/mol. The molecule has 8 nitrogen and oxygen atoms in total. The molecule has 0 fully saturated rings. The van der Waals surface area contributed by atoms with Crippen LogP contribution in [0.2, 0.25) is 0 Å². The van der Waals surface area contributed by atoms with Crippen LogP contribution < -0.4 is 4.72 Å². The Kier molecular flexibility index (Phi) is 6.21. The van der Waals surface area contributed by atoms with E-state index in [1.807, 2.05) is 19.9 Å². The van der Waals surface area contributed by atoms with Crippen LogP contribution in [0.25, 0.3) is 0 Å². The first-order valence-corrected chi connectivity index (χ1v) is 10.9. The number of aryl methyl sites for hydroxylation is 3. The molecule has 1 heterocycles. The van der Waals surface area contributed by atoms with Crippen molar-refractivity contribution >= 4 is 21.6 Å². The van der Waals surface area contributed by atoms with Crippen LogP contribution in [0.1, 0.15) is 40.1 Å². The normalized spacial score (nSPS) is 11.3. The third kappa shape index (κ3) is 4.85. The molecule has 1 amide bonds. The number of nitrogens with one attached hydrogen (secondary N) is 1. The number of nitrogens with zero attached hydrogens (tertiary/aromatic N) is 3. The van der Waals surface area contributed by atoms with Gasteiger partial charge in [0.25, 0.3) is 15.9 Å². The van der Waals surface area contributed by atoms with Crippen LogP contribution in [-0.2, 0) is 23.0 Å². The number of carbonyl (C=O) groups is 1. The number of benzene rings is 2. The number of sulfonamides is 1. The third-order valence-corrected chi connectivity index (χ3v) is 6.09. The van der Waals surface area contributed by atoms with Crippen molar-refractivity contribution in [2.75, 3.05) is 11.8 Å². The second kappa shape index (κ2) is 8.66. The van der Waals surface area contributed by atoms with E-state index in [-0.39, 0.29) is 17.3 Å². The fraction of sp³-hybridized carbons (Fsp3) is 0.286. The zero-order chi connectivity index (χ0) is 21.9. The van der Waals surface area contributed by atoms with Crippen molar-refractivity contribution in [1.29, 1.82) is 0 Å². The summed E-state index contributed by atoms with van der Waals surface area (Å²) in [6.45, 7) is 5.69. The monoisotopic (exact) mass is 428 g/mol. The number of anilines is 1. The van der Waals surface area contributed by atoms with Crippen LogP contribution >= 0.6 is 0 Å². The Morgan fingerprint density at radius 1 is 1.13 bits per heavy atom. The molecule has 3 aromatic rings. The molecule has 2 aromatic carbocycles. The highest BCUT2D eigenvalue weighted by Crippen LogP contribution is 2.21. The first-order chi connectivity index (χ1) is 14.2. The van der Waals surface area contributed by atoms with Crippen molar-refractivity contribution in [3.05, 3.63) is 70.9 Å². The van der Waals surface area contributed by atoms with Crippen LogP contribution in [0, 0.1) is 13.8 Å². The topological polar surface area (TPSA) is 105 Å². The zero-order valence-electron chi connectivity index (χ0n) is 17.3. The molecule has 1 aromatic heterocycles. The smallest absolute Gasteiger partial charge is 0.262 e. The molecule has 1 N–H and O–H groups in total. The maximum Gasteiger partial charge on any atom is 0.262 e. The first-order valence-electron chi connectivity index (χ1n) is 9.46. The van der Waals surface area contributed by atoms with E-state index in [4.69, 9.17) is 4.52 Å². The number of hydrogen-bond acceptors (Lipinski definition) is 6. The summed E-state index contributed by atoms with van der Waals surface area (Å²) in [7, 11) is -2.10. The molecule has 0 spiro atoms. The fourth-order valence-electron chi connectivity index (χ4n) is 2.88. The predicted octanol–water partition coefficient (Wildman–Crippen LogP) is 3.32. The van der Waals surface area contributed by atoms with Gasteiger partial charge in [-0.1, -0.05) is 24.2 Å². The van der Waals surface area contributed by atoms with Crippen molar-refractivity contribution < 1.29 is 17.7 Å². The van der Waals surface area contributed by atoms with E-state index < -0.39 is 10.0 Å². The highest BCUT2D eigenvalue weighted by Gasteiger charge is 2.19. The van der Waals surface area contributed by atoms with Gasteiger partial charge in [-0.05, 0) is 55.3 Å². The van der Waals surface area contributed by atoms with E-state index in [9.17, 15) is 13.2 Å². The van der Waals surface area contributed by atoms with Gasteiger partial charge in [-0.15, -0.1) is 0 Å². The maximum absolute atomic E-state index is 12.7. The van der Waals surface area contributed by atoms with Crippen LogP contribution in [0.3, 0.4) is 0 Å². The Labute approximate surface area is 176 Å². The molecule has 0 atom stereocenters. The lowest BCUT2D eigenvalue weighted by molar-refractivity contribution is 0.0769. The van der Waals surface area contributed by atoms with Crippen LogP contribution in [-0.4, -0.2) is 36.4 Å². The highest BCUT2D eigenvalue weighted by molar-refractivity contribution is 7.92. The molecule has 0 saturated heterocycles. The number of aromatic nitrogens is 2. The van der Waals surface area contributed by atoms with E-state index in [1.165, 1.54) is 4.90 Å². The van der Waals surface area contributed by atoms with E-state index in [1.54, 1.807) is 50.4 Å². The summed E-state index contributed by atoms with van der Waals surface area (Å²) in [6, 6.07) is 11.5. The lowest BCUT2D eigenvalue weighted by atomic mass is 10.2. The summed E-state index contributed by atoms with van der Waals surface area (Å²) in [5.41, 5.74) is 2.31. The van der Waals surface area contributed by atoms with Gasteiger partial charge in [0.2, 0.25) is 5.89 Å². The number of carbonyl (C=O) groups excluding carboxylic acids is 1. The molecule has 0 bridgehead atoms. The molecule has 0 radical (unpaired) electrons. The number of rotatable bonds is 7. The first kappa shape index (κ1) is 21.5. The average molecular weight is 429 g/mol. The second-order valence-corrected chi connectivity index (χ2v) is 8.72. The molecule has 0 saturated carbocycles. The number of amides is 1. The molecule has 0 unspecified atom stereocenters. The standard InChI is InChI=1S/C21H24N4O4S/c1-5-19-22-20(29-23-19)13-25(4)21(26)16-8-10-17(11-9-16)24-30(27,28)18-12-14(2)6-7-15(18)3/h6-12,24H,5,13H2,1-4H3. The van der Waals surface area contributed by atoms with Crippen molar-refractivity contribution in [2.24, 2.45) is 0 Å². The molecule has 30 heavy (non-hydrogen) atoms. The van der Waals surface area contributed by atoms with E-state index in [0.29, 0.717) is 35.0 Å². The van der Waals surface area contributed by atoms with Gasteiger partial charge in [-0.25, -0.2) is 8.42 Å². The third-order valence-electron chi connectivity index (χ3n) is 4.56. The summed E-state index contributed by atoms with van der Waals surface area (Å²) in [4.78, 5) is 18.5. The Morgan fingerprint density at radius 3 is 2.47 bits per heavy atom. The largest absolute Gasteiger partial charge is 0.337 e. The van der Waals surface area contributed by atoms with E-state index >= 15 is 0 Å². The Hall–Kier alpha value is -3.20. The molecule has 0 aliphatic carbocycles. The van der Waals surface area contributed by atoms with E-state index in [0.717, 1.165) is 5.56 Å². The highest BCUT2D eigenvalue weighted by atomic mass is 32.2. The van der Waals surface area contributed by atoms with Crippen molar-refractivity contribution in [3.63, 3.8) is 0 Å². The van der Waals surface area contributed by atoms with Gasteiger partial charge >= 0.3 is 0 Å². The fourth-order valence-corrected chi connectivity index (χ4v) is 4.27. The summed E-state index contributed by atoms with van der Waals surface area (Å²) < 4.78 is 33.1. The van der Waals surface area contributed by atoms with Gasteiger partial charge in [0.15, 0.2) is 5.82 Å². The van der Waals surface area contributed by atoms with Crippen LogP contribution in [0.4, 0.5) is 5.69 Å². The Morgan fingerprint density at radius 2 is 1.83 bits per heavy atom. The Balaban J connectivity index is 1.70. The van der Waals surface area contributed by atoms with Gasteiger partial charge in [-0.2, -0.15) is 4.98 Å².